The second kappa shape index (κ2) is 7.17. The van der Waals surface area contributed by atoms with Crippen molar-refractivity contribution in [3.63, 3.8) is 0 Å². The number of nitrogens with zero attached hydrogens (tertiary/aromatic N) is 1. The molecule has 0 fully saturated rings. The van der Waals surface area contributed by atoms with Gasteiger partial charge in [0.25, 0.3) is 5.03 Å². The van der Waals surface area contributed by atoms with E-state index in [2.05, 4.69) is 5.32 Å². The molecule has 1 heterocycles. The number of rotatable bonds is 5. The molecule has 0 spiro atoms. The van der Waals surface area contributed by atoms with Gasteiger partial charge in [-0.1, -0.05) is 23.7 Å². The van der Waals surface area contributed by atoms with E-state index in [0.29, 0.717) is 16.6 Å². The molecule has 0 saturated carbocycles. The summed E-state index contributed by atoms with van der Waals surface area (Å²) in [4.78, 5) is 11.7. The Kier molecular flexibility index (Phi) is 5.26. The van der Waals surface area contributed by atoms with Gasteiger partial charge in [-0.2, -0.15) is 4.73 Å². The van der Waals surface area contributed by atoms with Crippen LogP contribution in [0.15, 0.2) is 53.7 Å². The normalized spacial score (nSPS) is 10.2. The predicted octanol–water partition coefficient (Wildman–Crippen LogP) is 2.38. The van der Waals surface area contributed by atoms with Gasteiger partial charge in [-0.3, -0.25) is 4.79 Å². The fourth-order valence-electron chi connectivity index (χ4n) is 1.52. The van der Waals surface area contributed by atoms with Gasteiger partial charge in [-0.25, -0.2) is 0 Å². The number of benzene rings is 1. The minimum atomic E-state index is -0.117. The molecule has 0 aliphatic carbocycles. The monoisotopic (exact) mass is 308 g/mol. The molecule has 4 nitrogen and oxygen atoms in total. The van der Waals surface area contributed by atoms with E-state index in [9.17, 15) is 10.0 Å². The third kappa shape index (κ3) is 4.43. The van der Waals surface area contributed by atoms with Gasteiger partial charge in [0.05, 0.1) is 5.75 Å². The Morgan fingerprint density at radius 2 is 2.00 bits per heavy atom. The number of hydrogen-bond acceptors (Lipinski definition) is 3. The summed E-state index contributed by atoms with van der Waals surface area (Å²) in [5, 5.41) is 15.4. The Labute approximate surface area is 126 Å². The molecular weight excluding hydrogens is 296 g/mol. The SMILES string of the molecule is O=C(CSc1cccc[n+]1[O-])NCc1ccc(Cl)cc1. The topological polar surface area (TPSA) is 56.0 Å². The van der Waals surface area contributed by atoms with Crippen LogP contribution in [0, 0.1) is 5.21 Å². The standard InChI is InChI=1S/C14H13ClN2O2S/c15-12-6-4-11(5-7-12)9-16-13(18)10-20-14-3-1-2-8-17(14)19/h1-8H,9-10H2,(H,16,18). The maximum absolute atomic E-state index is 11.7. The molecule has 0 bridgehead atoms. The Morgan fingerprint density at radius 3 is 2.70 bits per heavy atom. The van der Waals surface area contributed by atoms with Crippen molar-refractivity contribution in [2.75, 3.05) is 5.75 Å². The van der Waals surface area contributed by atoms with Crippen molar-refractivity contribution in [2.45, 2.75) is 11.6 Å². The molecule has 1 N–H and O–H groups in total. The average Bonchev–Trinajstić information content (AvgIpc) is 2.46. The van der Waals surface area contributed by atoms with Crippen molar-refractivity contribution in [2.24, 2.45) is 0 Å². The van der Waals surface area contributed by atoms with E-state index in [-0.39, 0.29) is 11.7 Å². The van der Waals surface area contributed by atoms with Crippen LogP contribution in [0.1, 0.15) is 5.56 Å². The van der Waals surface area contributed by atoms with E-state index < -0.39 is 0 Å². The van der Waals surface area contributed by atoms with Gasteiger partial charge in [-0.05, 0) is 35.5 Å². The number of carbonyl (C=O) groups excluding carboxylic acids is 1. The second-order valence-corrected chi connectivity index (χ2v) is 5.49. The Bertz CT molecular complexity index is 590. The van der Waals surface area contributed by atoms with Crippen LogP contribution in [0.3, 0.4) is 0 Å². The van der Waals surface area contributed by atoms with Crippen molar-refractivity contribution in [3.8, 4) is 0 Å². The van der Waals surface area contributed by atoms with Crippen LogP contribution >= 0.6 is 23.4 Å². The summed E-state index contributed by atoms with van der Waals surface area (Å²) >= 11 is 6.99. The fourth-order valence-corrected chi connectivity index (χ4v) is 2.39. The third-order valence-corrected chi connectivity index (χ3v) is 3.81. The number of hydrogen-bond donors (Lipinski definition) is 1. The number of nitrogens with one attached hydrogen (secondary N) is 1. The molecule has 0 aliphatic rings. The Hall–Kier alpha value is -1.72. The number of halogens is 1. The van der Waals surface area contributed by atoms with E-state index in [1.807, 2.05) is 12.1 Å². The van der Waals surface area contributed by atoms with Crippen LogP contribution in [0.5, 0.6) is 0 Å². The van der Waals surface area contributed by atoms with Gasteiger partial charge in [0.15, 0.2) is 6.20 Å². The minimum Gasteiger partial charge on any atom is -0.618 e. The molecule has 0 atom stereocenters. The highest BCUT2D eigenvalue weighted by molar-refractivity contribution is 7.99. The molecule has 2 rings (SSSR count). The summed E-state index contributed by atoms with van der Waals surface area (Å²) in [7, 11) is 0. The smallest absolute Gasteiger partial charge is 0.251 e. The van der Waals surface area contributed by atoms with E-state index in [0.717, 1.165) is 10.3 Å². The van der Waals surface area contributed by atoms with Crippen molar-refractivity contribution < 1.29 is 9.52 Å². The zero-order valence-corrected chi connectivity index (χ0v) is 12.2. The zero-order valence-electron chi connectivity index (χ0n) is 10.6. The minimum absolute atomic E-state index is 0.117. The van der Waals surface area contributed by atoms with E-state index in [1.165, 1.54) is 18.0 Å². The van der Waals surface area contributed by atoms with Gasteiger partial charge >= 0.3 is 0 Å². The molecule has 20 heavy (non-hydrogen) atoms. The number of carbonyl (C=O) groups is 1. The van der Waals surface area contributed by atoms with Crippen LogP contribution in [0.2, 0.25) is 5.02 Å². The lowest BCUT2D eigenvalue weighted by Crippen LogP contribution is -2.29. The third-order valence-electron chi connectivity index (χ3n) is 2.54. The molecule has 2 aromatic rings. The second-order valence-electron chi connectivity index (χ2n) is 4.06. The first kappa shape index (κ1) is 14.7. The molecule has 104 valence electrons. The van der Waals surface area contributed by atoms with Gasteiger partial charge in [0.1, 0.15) is 0 Å². The Morgan fingerprint density at radius 1 is 1.25 bits per heavy atom. The maximum atomic E-state index is 11.7. The highest BCUT2D eigenvalue weighted by atomic mass is 35.5. The zero-order chi connectivity index (χ0) is 14.4. The summed E-state index contributed by atoms with van der Waals surface area (Å²) in [6, 6.07) is 12.4. The lowest BCUT2D eigenvalue weighted by Gasteiger charge is -2.05. The molecule has 1 aromatic carbocycles. The van der Waals surface area contributed by atoms with Crippen molar-refractivity contribution >= 4 is 29.3 Å². The van der Waals surface area contributed by atoms with Crippen molar-refractivity contribution in [1.82, 2.24) is 5.32 Å². The number of aromatic nitrogens is 1. The summed E-state index contributed by atoms with van der Waals surface area (Å²) in [6.45, 7) is 0.447. The highest BCUT2D eigenvalue weighted by Gasteiger charge is 2.08. The summed E-state index contributed by atoms with van der Waals surface area (Å²) in [5.41, 5.74) is 0.978. The number of thioether (sulfide) groups is 1. The first-order chi connectivity index (χ1) is 9.65. The van der Waals surface area contributed by atoms with Crippen molar-refractivity contribution in [1.29, 1.82) is 0 Å². The van der Waals surface area contributed by atoms with Gasteiger partial charge in [0.2, 0.25) is 5.91 Å². The number of pyridine rings is 1. The lowest BCUT2D eigenvalue weighted by molar-refractivity contribution is -0.645. The molecule has 0 aliphatic heterocycles. The lowest BCUT2D eigenvalue weighted by atomic mass is 10.2. The van der Waals surface area contributed by atoms with E-state index >= 15 is 0 Å². The fraction of sp³-hybridized carbons (Fsp3) is 0.143. The van der Waals surface area contributed by atoms with Gasteiger partial charge < -0.3 is 10.5 Å². The molecule has 0 unspecified atom stereocenters. The average molecular weight is 309 g/mol. The Balaban J connectivity index is 1.78. The largest absolute Gasteiger partial charge is 0.618 e. The number of amides is 1. The van der Waals surface area contributed by atoms with E-state index in [1.54, 1.807) is 30.3 Å². The molecule has 1 amide bonds. The van der Waals surface area contributed by atoms with Crippen LogP contribution in [-0.2, 0) is 11.3 Å². The molecule has 1 aromatic heterocycles. The summed E-state index contributed by atoms with van der Waals surface area (Å²) < 4.78 is 0.747. The summed E-state index contributed by atoms with van der Waals surface area (Å²) in [5.74, 6) is 0.0913. The van der Waals surface area contributed by atoms with E-state index in [4.69, 9.17) is 11.6 Å². The van der Waals surface area contributed by atoms with Crippen LogP contribution in [0.25, 0.3) is 0 Å². The van der Waals surface area contributed by atoms with Crippen LogP contribution in [0.4, 0.5) is 0 Å². The quantitative estimate of drug-likeness (QED) is 0.524. The maximum Gasteiger partial charge on any atom is 0.251 e. The molecule has 6 heteroatoms. The first-order valence-corrected chi connectivity index (χ1v) is 7.33. The van der Waals surface area contributed by atoms with Crippen LogP contribution < -0.4 is 10.0 Å². The predicted molar refractivity (Wildman–Crippen MR) is 79.4 cm³/mol. The molecule has 0 radical (unpaired) electrons. The van der Waals surface area contributed by atoms with Gasteiger partial charge in [-0.15, -0.1) is 0 Å². The van der Waals surface area contributed by atoms with Crippen LogP contribution in [-0.4, -0.2) is 11.7 Å². The highest BCUT2D eigenvalue weighted by Crippen LogP contribution is 2.12. The van der Waals surface area contributed by atoms with Crippen molar-refractivity contribution in [3.05, 3.63) is 64.5 Å². The first-order valence-electron chi connectivity index (χ1n) is 5.97. The molecular formula is C14H13ClN2O2S. The molecule has 0 saturated heterocycles. The van der Waals surface area contributed by atoms with Gasteiger partial charge in [0, 0.05) is 23.7 Å². The summed E-state index contributed by atoms with van der Waals surface area (Å²) in [6.07, 6.45) is 1.41.